The third kappa shape index (κ3) is 3.95. The van der Waals surface area contributed by atoms with Gasteiger partial charge in [0, 0.05) is 29.8 Å². The molecule has 0 unspecified atom stereocenters. The van der Waals surface area contributed by atoms with Gasteiger partial charge in [0.15, 0.2) is 5.82 Å². The minimum Gasteiger partial charge on any atom is -0.490 e. The van der Waals surface area contributed by atoms with Gasteiger partial charge < -0.3 is 14.8 Å². The standard InChI is InChI=1S/C22H20F2N4O3/c1-30-21-9-16(17(24)11-25-21)19-10-20-18(4-5-28(20)27-19)26-22(29)12-6-13(23)8-15(7-12)31-14-2-3-14/h6-11,14,18H,2-5H2,1H3,(H,26,29)/t18-/m0/s1. The predicted octanol–water partition coefficient (Wildman–Crippen LogP) is 3.65. The second kappa shape index (κ2) is 7.64. The maximum atomic E-state index is 14.3. The van der Waals surface area contributed by atoms with Gasteiger partial charge in [0.1, 0.15) is 11.6 Å². The molecule has 0 spiro atoms. The molecule has 3 aromatic rings. The van der Waals surface area contributed by atoms with Gasteiger partial charge in [0.25, 0.3) is 5.91 Å². The van der Waals surface area contributed by atoms with Gasteiger partial charge >= 0.3 is 0 Å². The molecule has 1 fully saturated rings. The summed E-state index contributed by atoms with van der Waals surface area (Å²) in [5, 5.41) is 7.38. The van der Waals surface area contributed by atoms with Gasteiger partial charge in [-0.25, -0.2) is 13.8 Å². The number of aryl methyl sites for hydroxylation is 1. The first kappa shape index (κ1) is 19.5. The van der Waals surface area contributed by atoms with Crippen LogP contribution in [0, 0.1) is 11.6 Å². The topological polar surface area (TPSA) is 78.3 Å². The molecule has 1 saturated carbocycles. The molecular formula is C22H20F2N4O3. The fraction of sp³-hybridized carbons (Fsp3) is 0.318. The first-order valence-electron chi connectivity index (χ1n) is 10.1. The van der Waals surface area contributed by atoms with E-state index in [2.05, 4.69) is 15.4 Å². The average molecular weight is 426 g/mol. The number of fused-ring (bicyclic) bond motifs is 1. The summed E-state index contributed by atoms with van der Waals surface area (Å²) in [6.45, 7) is 0.573. The number of nitrogens with one attached hydrogen (secondary N) is 1. The number of halogens is 2. The quantitative estimate of drug-likeness (QED) is 0.651. The summed E-state index contributed by atoms with van der Waals surface area (Å²) < 4.78 is 40.7. The maximum Gasteiger partial charge on any atom is 0.252 e. The lowest BCUT2D eigenvalue weighted by atomic mass is 10.1. The second-order valence-electron chi connectivity index (χ2n) is 7.69. The molecule has 1 amide bonds. The Kier molecular flexibility index (Phi) is 4.80. The molecule has 1 aliphatic heterocycles. The number of nitrogens with zero attached hydrogens (tertiary/aromatic N) is 3. The zero-order valence-corrected chi connectivity index (χ0v) is 16.8. The van der Waals surface area contributed by atoms with E-state index in [0.29, 0.717) is 24.4 Å². The van der Waals surface area contributed by atoms with Gasteiger partial charge in [0.2, 0.25) is 5.88 Å². The summed E-state index contributed by atoms with van der Waals surface area (Å²) >= 11 is 0. The zero-order valence-electron chi connectivity index (χ0n) is 16.8. The molecule has 1 atom stereocenters. The molecule has 1 aromatic carbocycles. The van der Waals surface area contributed by atoms with Gasteiger partial charge in [0.05, 0.1) is 36.8 Å². The molecule has 0 radical (unpaired) electrons. The van der Waals surface area contributed by atoms with Gasteiger partial charge in [-0.1, -0.05) is 0 Å². The molecular weight excluding hydrogens is 406 g/mol. The van der Waals surface area contributed by atoms with E-state index in [1.54, 1.807) is 16.8 Å². The van der Waals surface area contributed by atoms with E-state index in [0.717, 1.165) is 24.7 Å². The molecule has 1 N–H and O–H groups in total. The Balaban J connectivity index is 1.36. The summed E-state index contributed by atoms with van der Waals surface area (Å²) in [5.74, 6) is -0.804. The Labute approximate surface area is 177 Å². The molecule has 2 aliphatic rings. The number of pyridine rings is 1. The van der Waals surface area contributed by atoms with Gasteiger partial charge in [-0.2, -0.15) is 5.10 Å². The Morgan fingerprint density at radius 2 is 2.00 bits per heavy atom. The monoisotopic (exact) mass is 426 g/mol. The lowest BCUT2D eigenvalue weighted by molar-refractivity contribution is 0.0935. The van der Waals surface area contributed by atoms with Crippen molar-refractivity contribution in [2.45, 2.75) is 38.0 Å². The number of rotatable bonds is 6. The van der Waals surface area contributed by atoms with Crippen molar-refractivity contribution < 1.29 is 23.0 Å². The van der Waals surface area contributed by atoms with Crippen molar-refractivity contribution in [2.75, 3.05) is 7.11 Å². The number of hydrogen-bond donors (Lipinski definition) is 1. The molecule has 2 aromatic heterocycles. The summed E-state index contributed by atoms with van der Waals surface area (Å²) in [6, 6.07) is 6.91. The van der Waals surface area contributed by atoms with Crippen LogP contribution in [0.4, 0.5) is 8.78 Å². The molecule has 9 heteroatoms. The predicted molar refractivity (Wildman–Crippen MR) is 107 cm³/mol. The van der Waals surface area contributed by atoms with Crippen molar-refractivity contribution in [3.05, 3.63) is 59.4 Å². The molecule has 7 nitrogen and oxygen atoms in total. The third-order valence-corrected chi connectivity index (χ3v) is 5.38. The first-order valence-corrected chi connectivity index (χ1v) is 10.1. The lowest BCUT2D eigenvalue weighted by Gasteiger charge is -2.13. The molecule has 3 heterocycles. The van der Waals surface area contributed by atoms with E-state index in [9.17, 15) is 13.6 Å². The lowest BCUT2D eigenvalue weighted by Crippen LogP contribution is -2.27. The highest BCUT2D eigenvalue weighted by molar-refractivity contribution is 5.95. The van der Waals surface area contributed by atoms with Crippen LogP contribution in [-0.4, -0.2) is 33.9 Å². The van der Waals surface area contributed by atoms with Gasteiger partial charge in [-0.3, -0.25) is 9.48 Å². The second-order valence-corrected chi connectivity index (χ2v) is 7.69. The normalized spacial score (nSPS) is 17.3. The van der Waals surface area contributed by atoms with Crippen LogP contribution in [-0.2, 0) is 6.54 Å². The highest BCUT2D eigenvalue weighted by Gasteiger charge is 2.28. The number of methoxy groups -OCH3 is 1. The summed E-state index contributed by atoms with van der Waals surface area (Å²) in [6.07, 6.45) is 3.71. The Bertz CT molecular complexity index is 1160. The Morgan fingerprint density at radius 1 is 1.16 bits per heavy atom. The first-order chi connectivity index (χ1) is 15.0. The number of carbonyl (C=O) groups excluding carboxylic acids is 1. The van der Waals surface area contributed by atoms with Crippen molar-refractivity contribution in [1.29, 1.82) is 0 Å². The zero-order chi connectivity index (χ0) is 21.5. The average Bonchev–Trinajstić information content (AvgIpc) is 3.34. The minimum absolute atomic E-state index is 0.104. The van der Waals surface area contributed by atoms with Crippen LogP contribution in [0.3, 0.4) is 0 Å². The minimum atomic E-state index is -0.524. The van der Waals surface area contributed by atoms with Crippen LogP contribution >= 0.6 is 0 Å². The Morgan fingerprint density at radius 3 is 2.77 bits per heavy atom. The number of aromatic nitrogens is 3. The smallest absolute Gasteiger partial charge is 0.252 e. The van der Waals surface area contributed by atoms with Crippen LogP contribution in [0.25, 0.3) is 11.3 Å². The van der Waals surface area contributed by atoms with E-state index in [1.165, 1.54) is 25.3 Å². The molecule has 0 saturated heterocycles. The molecule has 1 aliphatic carbocycles. The number of carbonyl (C=O) groups is 1. The van der Waals surface area contributed by atoms with Crippen molar-refractivity contribution >= 4 is 5.91 Å². The van der Waals surface area contributed by atoms with Crippen LogP contribution in [0.2, 0.25) is 0 Å². The van der Waals surface area contributed by atoms with Crippen LogP contribution < -0.4 is 14.8 Å². The largest absolute Gasteiger partial charge is 0.490 e. The van der Waals surface area contributed by atoms with Crippen molar-refractivity contribution in [1.82, 2.24) is 20.1 Å². The van der Waals surface area contributed by atoms with E-state index in [-0.39, 0.29) is 29.2 Å². The third-order valence-electron chi connectivity index (χ3n) is 5.38. The molecule has 31 heavy (non-hydrogen) atoms. The number of ether oxygens (including phenoxy) is 2. The Hall–Kier alpha value is -3.49. The van der Waals surface area contributed by atoms with Gasteiger partial charge in [-0.05, 0) is 37.5 Å². The molecule has 5 rings (SSSR count). The molecule has 160 valence electrons. The van der Waals surface area contributed by atoms with E-state index >= 15 is 0 Å². The van der Waals surface area contributed by atoms with Crippen LogP contribution in [0.15, 0.2) is 36.5 Å². The number of amides is 1. The van der Waals surface area contributed by atoms with Gasteiger partial charge in [-0.15, -0.1) is 0 Å². The van der Waals surface area contributed by atoms with Crippen LogP contribution in [0.1, 0.15) is 41.4 Å². The van der Waals surface area contributed by atoms with E-state index < -0.39 is 17.5 Å². The fourth-order valence-electron chi connectivity index (χ4n) is 3.68. The van der Waals surface area contributed by atoms with E-state index in [4.69, 9.17) is 9.47 Å². The van der Waals surface area contributed by atoms with E-state index in [1.807, 2.05) is 0 Å². The highest BCUT2D eigenvalue weighted by Crippen LogP contribution is 2.32. The summed E-state index contributed by atoms with van der Waals surface area (Å²) in [4.78, 5) is 16.6. The fourth-order valence-corrected chi connectivity index (χ4v) is 3.68. The van der Waals surface area contributed by atoms with Crippen molar-refractivity contribution in [2.24, 2.45) is 0 Å². The van der Waals surface area contributed by atoms with Crippen molar-refractivity contribution in [3.63, 3.8) is 0 Å². The summed E-state index contributed by atoms with van der Waals surface area (Å²) in [7, 11) is 1.45. The van der Waals surface area contributed by atoms with Crippen LogP contribution in [0.5, 0.6) is 11.6 Å². The molecule has 0 bridgehead atoms. The van der Waals surface area contributed by atoms with Crippen molar-refractivity contribution in [3.8, 4) is 22.9 Å². The number of benzene rings is 1. The summed E-state index contributed by atoms with van der Waals surface area (Å²) in [5.41, 5.74) is 1.65. The maximum absolute atomic E-state index is 14.3. The number of hydrogen-bond acceptors (Lipinski definition) is 5. The SMILES string of the molecule is COc1cc(-c2cc3n(n2)CC[C@@H]3NC(=O)c2cc(F)cc(OC3CC3)c2)c(F)cn1. The highest BCUT2D eigenvalue weighted by atomic mass is 19.1.